The van der Waals surface area contributed by atoms with Crippen LogP contribution in [0.4, 0.5) is 21.5 Å². The first-order valence-corrected chi connectivity index (χ1v) is 22.9. The molecule has 4 fully saturated rings. The number of nitrogens with one attached hydrogen (secondary N) is 3. The molecule has 5 aliphatic rings. The molecule has 1 unspecified atom stereocenters. The van der Waals surface area contributed by atoms with Crippen LogP contribution in [0.25, 0.3) is 11.0 Å². The normalized spacial score (nSPS) is 22.2. The molecule has 3 N–H and O–H groups in total. The highest BCUT2D eigenvalue weighted by Crippen LogP contribution is 2.54. The van der Waals surface area contributed by atoms with E-state index in [9.17, 15) is 9.70 Å². The van der Waals surface area contributed by atoms with Crippen molar-refractivity contribution in [2.24, 2.45) is 10.6 Å². The molecule has 1 amide bonds. The van der Waals surface area contributed by atoms with Crippen LogP contribution in [0, 0.1) is 10.3 Å². The quantitative estimate of drug-likeness (QED) is 0.0862. The second-order valence-corrected chi connectivity index (χ2v) is 18.9. The first kappa shape index (κ1) is 40.8. The molecule has 10 rings (SSSR count). The van der Waals surface area contributed by atoms with Gasteiger partial charge in [0.2, 0.25) is 5.88 Å². The number of pyridine rings is 2. The summed E-state index contributed by atoms with van der Waals surface area (Å²) >= 11 is 0.929. The highest BCUT2D eigenvalue weighted by Gasteiger charge is 2.50. The summed E-state index contributed by atoms with van der Waals surface area (Å²) in [5.41, 5.74) is 4.14. The molecule has 2 atom stereocenters. The fraction of sp³-hybridized carbons (Fsp3) is 0.468. The maximum absolute atomic E-state index is 15.8. The van der Waals surface area contributed by atoms with Gasteiger partial charge in [0.25, 0.3) is 5.91 Å². The van der Waals surface area contributed by atoms with Crippen LogP contribution in [-0.2, 0) is 4.74 Å². The van der Waals surface area contributed by atoms with Crippen molar-refractivity contribution in [2.75, 3.05) is 49.7 Å². The smallest absolute Gasteiger partial charge is 0.265 e. The number of benzene rings is 2. The first-order chi connectivity index (χ1) is 30.2. The van der Waals surface area contributed by atoms with Gasteiger partial charge in [0.05, 0.1) is 17.8 Å². The molecule has 0 bridgehead atoms. The molecule has 3 aromatic heterocycles. The lowest BCUT2D eigenvalue weighted by molar-refractivity contribution is -0.0276. The standard InChI is InChI=1S/C47H53FN8O5S/c1-29(2)34-6-3-4-7-35(34)38-8-5-17-56(38)32-25-46(26-32)12-18-55(19-13-46)31-9-10-36(39(23-31)61-33-22-30-11-16-49-43(30)50-27-33)44(57)54-62-41-24-37(53-58)42-45(52-41)60-28-40(51-42)47(48)14-20-59-21-15-47/h3-4,6-7,9-11,16,22-24,27,29,32,38,40,51H,5,8,12-15,17-21,25-26,28H2,1-2H3,(H,49,50)(H,54,57)/t38-,40?/m0/s1. The molecule has 3 saturated heterocycles. The third-order valence-corrected chi connectivity index (χ3v) is 14.7. The second kappa shape index (κ2) is 16.8. The van der Waals surface area contributed by atoms with Gasteiger partial charge in [-0.15, -0.1) is 4.91 Å². The number of nitrogens with zero attached hydrogens (tertiary/aromatic N) is 5. The number of nitroso groups, excluding NO2 is 1. The van der Waals surface area contributed by atoms with Gasteiger partial charge in [0, 0.05) is 92.6 Å². The Morgan fingerprint density at radius 1 is 1.05 bits per heavy atom. The van der Waals surface area contributed by atoms with Gasteiger partial charge in [0.15, 0.2) is 0 Å². The third-order valence-electron chi connectivity index (χ3n) is 14.0. The summed E-state index contributed by atoms with van der Waals surface area (Å²) in [6.07, 6.45) is 11.2. The zero-order chi connectivity index (χ0) is 42.4. The minimum atomic E-state index is -1.55. The molecule has 0 radical (unpaired) electrons. The molecular weight excluding hydrogens is 808 g/mol. The van der Waals surface area contributed by atoms with Crippen LogP contribution in [0.15, 0.2) is 83.3 Å². The second-order valence-electron chi connectivity index (χ2n) is 18.0. The summed E-state index contributed by atoms with van der Waals surface area (Å²) < 4.78 is 36.3. The Balaban J connectivity index is 0.826. The van der Waals surface area contributed by atoms with E-state index in [0.29, 0.717) is 53.7 Å². The number of ether oxygens (including phenoxy) is 3. The molecule has 1 aliphatic carbocycles. The Morgan fingerprint density at radius 2 is 1.87 bits per heavy atom. The Kier molecular flexibility index (Phi) is 11.1. The van der Waals surface area contributed by atoms with Gasteiger partial charge in [0.1, 0.15) is 45.8 Å². The molecule has 5 aromatic rings. The number of amides is 1. The number of hydrogen-bond donors (Lipinski definition) is 3. The number of carbonyl (C=O) groups excluding carboxylic acids is 1. The summed E-state index contributed by atoms with van der Waals surface area (Å²) in [7, 11) is 0. The average molecular weight is 861 g/mol. The van der Waals surface area contributed by atoms with Crippen molar-refractivity contribution in [1.29, 1.82) is 0 Å². The predicted octanol–water partition coefficient (Wildman–Crippen LogP) is 9.99. The zero-order valence-corrected chi connectivity index (χ0v) is 36.0. The number of piperidine rings is 1. The highest BCUT2D eigenvalue weighted by atomic mass is 32.2. The number of likely N-dealkylation sites (tertiary alicyclic amines) is 1. The fourth-order valence-corrected chi connectivity index (χ4v) is 11.1. The molecule has 15 heteroatoms. The molecule has 4 aliphatic heterocycles. The van der Waals surface area contributed by atoms with E-state index < -0.39 is 17.6 Å². The van der Waals surface area contributed by atoms with Crippen molar-refractivity contribution in [3.8, 4) is 17.4 Å². The number of halogens is 1. The summed E-state index contributed by atoms with van der Waals surface area (Å²) in [5, 5.41) is 7.48. The van der Waals surface area contributed by atoms with Crippen LogP contribution in [0.3, 0.4) is 0 Å². The van der Waals surface area contributed by atoms with Crippen molar-refractivity contribution in [1.82, 2.24) is 24.6 Å². The minimum Gasteiger partial charge on any atom is -0.474 e. The summed E-state index contributed by atoms with van der Waals surface area (Å²) in [5.74, 6) is 1.12. The Morgan fingerprint density at radius 3 is 2.68 bits per heavy atom. The van der Waals surface area contributed by atoms with Crippen LogP contribution in [0.1, 0.15) is 98.7 Å². The summed E-state index contributed by atoms with van der Waals surface area (Å²) in [4.78, 5) is 43.3. The molecule has 62 heavy (non-hydrogen) atoms. The van der Waals surface area contributed by atoms with Gasteiger partial charge < -0.3 is 29.4 Å². The number of carbonyl (C=O) groups is 1. The number of aromatic nitrogens is 3. The van der Waals surface area contributed by atoms with Crippen LogP contribution in [-0.4, -0.2) is 83.0 Å². The number of rotatable bonds is 11. The first-order valence-electron chi connectivity index (χ1n) is 22.0. The van der Waals surface area contributed by atoms with Crippen LogP contribution < -0.4 is 24.4 Å². The van der Waals surface area contributed by atoms with E-state index in [-0.39, 0.29) is 41.7 Å². The van der Waals surface area contributed by atoms with Crippen LogP contribution in [0.2, 0.25) is 0 Å². The van der Waals surface area contributed by atoms with E-state index in [2.05, 4.69) is 78.1 Å². The molecule has 2 aromatic carbocycles. The summed E-state index contributed by atoms with van der Waals surface area (Å²) in [6.45, 7) is 8.32. The maximum Gasteiger partial charge on any atom is 0.265 e. The molecular formula is C47H53FN8O5S. The van der Waals surface area contributed by atoms with E-state index in [0.717, 1.165) is 54.6 Å². The highest BCUT2D eigenvalue weighted by molar-refractivity contribution is 7.97. The Labute approximate surface area is 365 Å². The molecule has 324 valence electrons. The number of hydrogen-bond acceptors (Lipinski definition) is 12. The van der Waals surface area contributed by atoms with Gasteiger partial charge in [-0.3, -0.25) is 14.4 Å². The SMILES string of the molecule is CC(C)c1ccccc1[C@@H]1CCCN1C1CC2(CCN(c3ccc(C(=O)NSc4cc(N=O)c5c(n4)OCC(C4(F)CCOCC4)N5)c(Oc4cnc5[nH]ccc5c4)c3)CC2)C1. The van der Waals surface area contributed by atoms with Crippen molar-refractivity contribution >= 4 is 46.0 Å². The van der Waals surface area contributed by atoms with Gasteiger partial charge in [-0.05, 0) is 97.0 Å². The maximum atomic E-state index is 15.8. The van der Waals surface area contributed by atoms with Crippen LogP contribution >= 0.6 is 11.9 Å². The Bertz CT molecular complexity index is 2460. The zero-order valence-electron chi connectivity index (χ0n) is 35.2. The van der Waals surface area contributed by atoms with E-state index in [1.165, 1.54) is 49.4 Å². The number of H-pyrrole nitrogens is 1. The number of alkyl halides is 1. The summed E-state index contributed by atoms with van der Waals surface area (Å²) in [6, 6.07) is 20.5. The average Bonchev–Trinajstić information content (AvgIpc) is 3.97. The molecule has 1 spiro atoms. The van der Waals surface area contributed by atoms with Gasteiger partial charge in [-0.25, -0.2) is 14.4 Å². The van der Waals surface area contributed by atoms with Gasteiger partial charge in [-0.2, -0.15) is 0 Å². The lowest BCUT2D eigenvalue weighted by Gasteiger charge is -2.56. The molecule has 13 nitrogen and oxygen atoms in total. The van der Waals surface area contributed by atoms with E-state index >= 15 is 4.39 Å². The molecule has 1 saturated carbocycles. The van der Waals surface area contributed by atoms with Crippen molar-refractivity contribution in [3.63, 3.8) is 0 Å². The Hall–Kier alpha value is -5.25. The lowest BCUT2D eigenvalue weighted by atomic mass is 9.59. The van der Waals surface area contributed by atoms with E-state index in [1.807, 2.05) is 30.5 Å². The van der Waals surface area contributed by atoms with E-state index in [1.54, 1.807) is 12.3 Å². The topological polar surface area (TPSA) is 146 Å². The predicted molar refractivity (Wildman–Crippen MR) is 239 cm³/mol. The van der Waals surface area contributed by atoms with Crippen molar-refractivity contribution in [2.45, 2.75) is 100.0 Å². The molecule has 7 heterocycles. The lowest BCUT2D eigenvalue weighted by Crippen LogP contribution is -2.54. The fourth-order valence-electron chi connectivity index (χ4n) is 10.5. The van der Waals surface area contributed by atoms with Crippen LogP contribution in [0.5, 0.6) is 17.4 Å². The van der Waals surface area contributed by atoms with Crippen molar-refractivity contribution < 1.29 is 23.4 Å². The van der Waals surface area contributed by atoms with Gasteiger partial charge in [-0.1, -0.05) is 38.1 Å². The number of aromatic amines is 1. The number of anilines is 2. The monoisotopic (exact) mass is 860 g/mol. The van der Waals surface area contributed by atoms with Gasteiger partial charge >= 0.3 is 0 Å². The minimum absolute atomic E-state index is 0.0153. The third kappa shape index (κ3) is 7.87. The largest absolute Gasteiger partial charge is 0.474 e. The van der Waals surface area contributed by atoms with Crippen molar-refractivity contribution in [3.05, 3.63) is 94.7 Å². The number of fused-ring (bicyclic) bond motifs is 2. The van der Waals surface area contributed by atoms with E-state index in [4.69, 9.17) is 14.2 Å².